The van der Waals surface area contributed by atoms with Crippen molar-refractivity contribution in [2.45, 2.75) is 26.4 Å². The first-order valence-electron chi connectivity index (χ1n) is 5.61. The summed E-state index contributed by atoms with van der Waals surface area (Å²) in [6.45, 7) is 8.66. The molecule has 14 heavy (non-hydrogen) atoms. The Bertz CT molecular complexity index is 149. The highest BCUT2D eigenvalue weighted by molar-refractivity contribution is 4.77. The molecule has 3 unspecified atom stereocenters. The van der Waals surface area contributed by atoms with Gasteiger partial charge in [0, 0.05) is 33.3 Å². The van der Waals surface area contributed by atoms with Crippen molar-refractivity contribution in [3.63, 3.8) is 0 Å². The van der Waals surface area contributed by atoms with Crippen LogP contribution in [0.1, 0.15) is 20.3 Å². The van der Waals surface area contributed by atoms with Crippen molar-refractivity contribution in [3.05, 3.63) is 0 Å². The SMILES string of the molecule is COC(CN)CN1CC(C)CC(C)C1. The van der Waals surface area contributed by atoms with Crippen LogP contribution < -0.4 is 5.73 Å². The van der Waals surface area contributed by atoms with Gasteiger partial charge in [-0.25, -0.2) is 0 Å². The van der Waals surface area contributed by atoms with E-state index < -0.39 is 0 Å². The third-order valence-electron chi connectivity index (χ3n) is 3.00. The highest BCUT2D eigenvalue weighted by Gasteiger charge is 2.23. The molecule has 2 N–H and O–H groups in total. The third-order valence-corrected chi connectivity index (χ3v) is 3.00. The number of hydrogen-bond donors (Lipinski definition) is 1. The molecule has 1 heterocycles. The van der Waals surface area contributed by atoms with Crippen molar-refractivity contribution >= 4 is 0 Å². The topological polar surface area (TPSA) is 38.5 Å². The van der Waals surface area contributed by atoms with Crippen molar-refractivity contribution < 1.29 is 4.74 Å². The van der Waals surface area contributed by atoms with E-state index in [1.165, 1.54) is 19.5 Å². The van der Waals surface area contributed by atoms with Crippen LogP contribution in [0.25, 0.3) is 0 Å². The van der Waals surface area contributed by atoms with Gasteiger partial charge in [0.2, 0.25) is 0 Å². The monoisotopic (exact) mass is 200 g/mol. The molecular formula is C11H24N2O. The lowest BCUT2D eigenvalue weighted by atomic mass is 9.92. The van der Waals surface area contributed by atoms with Gasteiger partial charge < -0.3 is 15.4 Å². The molecule has 0 aromatic carbocycles. The molecule has 3 atom stereocenters. The molecule has 1 saturated heterocycles. The van der Waals surface area contributed by atoms with Gasteiger partial charge in [0.15, 0.2) is 0 Å². The smallest absolute Gasteiger partial charge is 0.0820 e. The molecule has 0 amide bonds. The molecule has 0 radical (unpaired) electrons. The van der Waals surface area contributed by atoms with Crippen LogP contribution in [0, 0.1) is 11.8 Å². The fourth-order valence-electron chi connectivity index (χ4n) is 2.47. The standard InChI is InChI=1S/C11H24N2O/c1-9-4-10(2)7-13(6-9)8-11(5-12)14-3/h9-11H,4-8,12H2,1-3H3. The molecule has 1 aliphatic rings. The van der Waals surface area contributed by atoms with E-state index in [4.69, 9.17) is 10.5 Å². The number of hydrogen-bond acceptors (Lipinski definition) is 3. The summed E-state index contributed by atoms with van der Waals surface area (Å²) >= 11 is 0. The Kier molecular flexibility index (Phi) is 4.85. The summed E-state index contributed by atoms with van der Waals surface area (Å²) in [5, 5.41) is 0. The van der Waals surface area contributed by atoms with Gasteiger partial charge in [-0.3, -0.25) is 0 Å². The summed E-state index contributed by atoms with van der Waals surface area (Å²) in [6, 6.07) is 0. The Labute approximate surface area is 87.6 Å². The Morgan fingerprint density at radius 2 is 1.93 bits per heavy atom. The molecule has 0 aromatic heterocycles. The van der Waals surface area contributed by atoms with Crippen LogP contribution >= 0.6 is 0 Å². The van der Waals surface area contributed by atoms with E-state index in [0.717, 1.165) is 18.4 Å². The maximum Gasteiger partial charge on any atom is 0.0820 e. The fraction of sp³-hybridized carbons (Fsp3) is 1.00. The summed E-state index contributed by atoms with van der Waals surface area (Å²) in [6.07, 6.45) is 1.56. The van der Waals surface area contributed by atoms with E-state index in [2.05, 4.69) is 18.7 Å². The van der Waals surface area contributed by atoms with Gasteiger partial charge in [0.25, 0.3) is 0 Å². The zero-order valence-corrected chi connectivity index (χ0v) is 9.70. The lowest BCUT2D eigenvalue weighted by molar-refractivity contribution is 0.0442. The third kappa shape index (κ3) is 3.56. The second-order valence-electron chi connectivity index (χ2n) is 4.76. The van der Waals surface area contributed by atoms with Gasteiger partial charge in [-0.05, 0) is 18.3 Å². The van der Waals surface area contributed by atoms with Gasteiger partial charge in [-0.2, -0.15) is 0 Å². The Hall–Kier alpha value is -0.120. The molecule has 1 aliphatic heterocycles. The van der Waals surface area contributed by atoms with Crippen LogP contribution in [0.4, 0.5) is 0 Å². The number of likely N-dealkylation sites (tertiary alicyclic amines) is 1. The molecule has 3 nitrogen and oxygen atoms in total. The normalized spacial score (nSPS) is 31.7. The van der Waals surface area contributed by atoms with E-state index in [0.29, 0.717) is 6.54 Å². The molecular weight excluding hydrogens is 176 g/mol. The quantitative estimate of drug-likeness (QED) is 0.734. The maximum absolute atomic E-state index is 5.62. The number of ether oxygens (including phenoxy) is 1. The first kappa shape index (κ1) is 12.0. The number of nitrogens with two attached hydrogens (primary N) is 1. The summed E-state index contributed by atoms with van der Waals surface area (Å²) in [4.78, 5) is 2.49. The van der Waals surface area contributed by atoms with Crippen molar-refractivity contribution in [2.24, 2.45) is 17.6 Å². The number of rotatable bonds is 4. The van der Waals surface area contributed by atoms with Crippen LogP contribution in [-0.2, 0) is 4.74 Å². The van der Waals surface area contributed by atoms with Gasteiger partial charge in [-0.15, -0.1) is 0 Å². The van der Waals surface area contributed by atoms with Gasteiger partial charge >= 0.3 is 0 Å². The minimum absolute atomic E-state index is 0.201. The van der Waals surface area contributed by atoms with Crippen LogP contribution in [-0.4, -0.2) is 44.3 Å². The molecule has 84 valence electrons. The Morgan fingerprint density at radius 3 is 2.36 bits per heavy atom. The minimum atomic E-state index is 0.201. The fourth-order valence-corrected chi connectivity index (χ4v) is 2.47. The Balaban J connectivity index is 2.35. The highest BCUT2D eigenvalue weighted by Crippen LogP contribution is 2.20. The van der Waals surface area contributed by atoms with Crippen LogP contribution in [0.5, 0.6) is 0 Å². The predicted molar refractivity (Wildman–Crippen MR) is 59.2 cm³/mol. The largest absolute Gasteiger partial charge is 0.379 e. The van der Waals surface area contributed by atoms with E-state index >= 15 is 0 Å². The molecule has 0 saturated carbocycles. The average Bonchev–Trinajstić information content (AvgIpc) is 2.12. The first-order chi connectivity index (χ1) is 6.65. The molecule has 0 spiro atoms. The van der Waals surface area contributed by atoms with Crippen molar-refractivity contribution in [3.8, 4) is 0 Å². The van der Waals surface area contributed by atoms with Gasteiger partial charge in [-0.1, -0.05) is 13.8 Å². The summed E-state index contributed by atoms with van der Waals surface area (Å²) in [5.74, 6) is 1.63. The molecule has 0 aliphatic carbocycles. The molecule has 1 rings (SSSR count). The van der Waals surface area contributed by atoms with E-state index in [1.54, 1.807) is 7.11 Å². The zero-order valence-electron chi connectivity index (χ0n) is 9.70. The van der Waals surface area contributed by atoms with Crippen molar-refractivity contribution in [1.82, 2.24) is 4.90 Å². The van der Waals surface area contributed by atoms with E-state index in [1.807, 2.05) is 0 Å². The van der Waals surface area contributed by atoms with Crippen molar-refractivity contribution in [2.75, 3.05) is 33.3 Å². The molecule has 3 heteroatoms. The summed E-state index contributed by atoms with van der Waals surface area (Å²) in [5.41, 5.74) is 5.62. The average molecular weight is 200 g/mol. The molecule has 0 bridgehead atoms. The van der Waals surface area contributed by atoms with Gasteiger partial charge in [0.1, 0.15) is 0 Å². The Morgan fingerprint density at radius 1 is 1.36 bits per heavy atom. The van der Waals surface area contributed by atoms with E-state index in [9.17, 15) is 0 Å². The summed E-state index contributed by atoms with van der Waals surface area (Å²) < 4.78 is 5.31. The number of piperidine rings is 1. The van der Waals surface area contributed by atoms with Crippen LogP contribution in [0.2, 0.25) is 0 Å². The van der Waals surface area contributed by atoms with Gasteiger partial charge in [0.05, 0.1) is 6.10 Å². The zero-order chi connectivity index (χ0) is 10.6. The maximum atomic E-state index is 5.62. The second-order valence-corrected chi connectivity index (χ2v) is 4.76. The summed E-state index contributed by atoms with van der Waals surface area (Å²) in [7, 11) is 1.74. The lowest BCUT2D eigenvalue weighted by Crippen LogP contribution is -2.44. The minimum Gasteiger partial charge on any atom is -0.379 e. The first-order valence-corrected chi connectivity index (χ1v) is 5.61. The lowest BCUT2D eigenvalue weighted by Gasteiger charge is -2.36. The van der Waals surface area contributed by atoms with Crippen LogP contribution in [0.15, 0.2) is 0 Å². The highest BCUT2D eigenvalue weighted by atomic mass is 16.5. The molecule has 1 fully saturated rings. The molecule has 0 aromatic rings. The van der Waals surface area contributed by atoms with Crippen LogP contribution in [0.3, 0.4) is 0 Å². The predicted octanol–water partition coefficient (Wildman–Crippen LogP) is 0.938. The van der Waals surface area contributed by atoms with E-state index in [-0.39, 0.29) is 6.10 Å². The number of methoxy groups -OCH3 is 1. The number of nitrogens with zero attached hydrogens (tertiary/aromatic N) is 1. The van der Waals surface area contributed by atoms with Crippen molar-refractivity contribution in [1.29, 1.82) is 0 Å². The second kappa shape index (κ2) is 5.69.